The van der Waals surface area contributed by atoms with Crippen molar-refractivity contribution in [3.05, 3.63) is 0 Å². The molecule has 0 aromatic carbocycles. The third-order valence-electron chi connectivity index (χ3n) is 0.479. The molecule has 0 spiro atoms. The average molecular weight is 246 g/mol. The summed E-state index contributed by atoms with van der Waals surface area (Å²) in [6, 6.07) is 0. The maximum atomic E-state index is 10.7. The standard InChI is InChI=1S/C2H2F2O2.CHF3O3S/c3-1(4)2(5)6;2-1(3,4)8(5,6)7/h1H,(H,5,6);(H,5,6,7). The van der Waals surface area contributed by atoms with Gasteiger partial charge in [0.15, 0.2) is 0 Å². The van der Waals surface area contributed by atoms with Crippen molar-refractivity contribution in [1.82, 2.24) is 0 Å². The zero-order valence-corrected chi connectivity index (χ0v) is 6.81. The second-order valence-corrected chi connectivity index (χ2v) is 2.97. The zero-order valence-electron chi connectivity index (χ0n) is 5.99. The molecular weight excluding hydrogens is 243 g/mol. The molecule has 2 N–H and O–H groups in total. The number of carboxylic acid groups (broad SMARTS) is 1. The summed E-state index contributed by atoms with van der Waals surface area (Å²) in [5.41, 5.74) is -5.53. The number of hydrogen-bond acceptors (Lipinski definition) is 3. The normalized spacial score (nSPS) is 11.9. The van der Waals surface area contributed by atoms with Crippen LogP contribution in [0.5, 0.6) is 0 Å². The molecule has 11 heteroatoms. The third kappa shape index (κ3) is 7.67. The first kappa shape index (κ1) is 15.5. The highest BCUT2D eigenvalue weighted by Crippen LogP contribution is 2.20. The molecule has 0 heterocycles. The van der Waals surface area contributed by atoms with Gasteiger partial charge in [0.1, 0.15) is 0 Å². The molecule has 0 atom stereocenters. The zero-order chi connectivity index (χ0) is 12.2. The van der Waals surface area contributed by atoms with Crippen LogP contribution >= 0.6 is 0 Å². The minimum absolute atomic E-state index is 2.07. The van der Waals surface area contributed by atoms with Crippen molar-refractivity contribution in [2.75, 3.05) is 0 Å². The smallest absolute Gasteiger partial charge is 0.477 e. The summed E-state index contributed by atoms with van der Waals surface area (Å²) in [7, 11) is -5.84. The Balaban J connectivity index is 0. The van der Waals surface area contributed by atoms with Gasteiger partial charge in [-0.25, -0.2) is 4.79 Å². The molecule has 0 saturated heterocycles. The quantitative estimate of drug-likeness (QED) is 0.404. The van der Waals surface area contributed by atoms with Crippen molar-refractivity contribution in [1.29, 1.82) is 0 Å². The molecule has 0 rings (SSSR count). The van der Waals surface area contributed by atoms with E-state index in [1.807, 2.05) is 0 Å². The molecule has 0 amide bonds. The molecular formula is C3H3F5O5S. The molecule has 5 nitrogen and oxygen atoms in total. The van der Waals surface area contributed by atoms with Crippen molar-refractivity contribution >= 4 is 16.1 Å². The maximum absolute atomic E-state index is 10.7. The van der Waals surface area contributed by atoms with E-state index in [0.29, 0.717) is 0 Å². The number of hydrogen-bond donors (Lipinski definition) is 2. The van der Waals surface area contributed by atoms with Crippen LogP contribution in [0.4, 0.5) is 22.0 Å². The lowest BCUT2D eigenvalue weighted by atomic mass is 10.7. The first-order valence-corrected chi connectivity index (χ1v) is 3.88. The topological polar surface area (TPSA) is 91.7 Å². The molecule has 0 radical (unpaired) electrons. The minimum atomic E-state index is -5.84. The average Bonchev–Trinajstić information content (AvgIpc) is 1.83. The molecule has 0 fully saturated rings. The van der Waals surface area contributed by atoms with Crippen LogP contribution in [-0.4, -0.2) is 36.0 Å². The number of halogens is 5. The summed E-state index contributed by atoms with van der Waals surface area (Å²) in [5.74, 6) is -2.07. The summed E-state index contributed by atoms with van der Waals surface area (Å²) >= 11 is 0. The number of rotatable bonds is 1. The largest absolute Gasteiger partial charge is 0.522 e. The van der Waals surface area contributed by atoms with Crippen LogP contribution in [0.15, 0.2) is 0 Å². The Kier molecular flexibility index (Phi) is 5.59. The van der Waals surface area contributed by atoms with Crippen molar-refractivity contribution < 1.29 is 44.8 Å². The fourth-order valence-corrected chi connectivity index (χ4v) is 0. The van der Waals surface area contributed by atoms with E-state index in [1.54, 1.807) is 0 Å². The fraction of sp³-hybridized carbons (Fsp3) is 0.667. The Hall–Kier alpha value is -0.970. The molecule has 0 aliphatic heterocycles. The predicted molar refractivity (Wildman–Crippen MR) is 31.2 cm³/mol. The number of carbonyl (C=O) groups is 1. The van der Waals surface area contributed by atoms with Gasteiger partial charge in [-0.05, 0) is 0 Å². The van der Waals surface area contributed by atoms with Crippen LogP contribution < -0.4 is 0 Å². The Morgan fingerprint density at radius 2 is 1.36 bits per heavy atom. The Labute approximate surface area is 73.9 Å². The third-order valence-corrected chi connectivity index (χ3v) is 1.06. The lowest BCUT2D eigenvalue weighted by molar-refractivity contribution is -0.149. The van der Waals surface area contributed by atoms with Gasteiger partial charge < -0.3 is 5.11 Å². The highest BCUT2D eigenvalue weighted by atomic mass is 32.2. The van der Waals surface area contributed by atoms with Crippen LogP contribution in [0.1, 0.15) is 0 Å². The van der Waals surface area contributed by atoms with E-state index in [9.17, 15) is 22.0 Å². The van der Waals surface area contributed by atoms with Crippen molar-refractivity contribution in [3.8, 4) is 0 Å². The van der Waals surface area contributed by atoms with Crippen LogP contribution in [0.3, 0.4) is 0 Å². The Morgan fingerprint density at radius 1 is 1.21 bits per heavy atom. The van der Waals surface area contributed by atoms with Crippen LogP contribution in [0.25, 0.3) is 0 Å². The molecule has 0 aromatic rings. The lowest BCUT2D eigenvalue weighted by Gasteiger charge is -1.97. The second kappa shape index (κ2) is 5.05. The van der Waals surface area contributed by atoms with Crippen LogP contribution in [0.2, 0.25) is 0 Å². The lowest BCUT2D eigenvalue weighted by Crippen LogP contribution is -2.21. The highest BCUT2D eigenvalue weighted by molar-refractivity contribution is 7.86. The van der Waals surface area contributed by atoms with Gasteiger partial charge in [0.2, 0.25) is 0 Å². The first-order valence-electron chi connectivity index (χ1n) is 2.44. The molecule has 0 aliphatic rings. The fourth-order valence-electron chi connectivity index (χ4n) is 0. The van der Waals surface area contributed by atoms with Crippen molar-refractivity contribution in [2.45, 2.75) is 11.9 Å². The van der Waals surface area contributed by atoms with Gasteiger partial charge in [-0.3, -0.25) is 4.55 Å². The second-order valence-electron chi connectivity index (χ2n) is 1.56. The van der Waals surface area contributed by atoms with E-state index in [2.05, 4.69) is 0 Å². The minimum Gasteiger partial charge on any atom is -0.477 e. The summed E-state index contributed by atoms with van der Waals surface area (Å²) in [5, 5.41) is 7.24. The van der Waals surface area contributed by atoms with Gasteiger partial charge in [-0.15, -0.1) is 0 Å². The number of alkyl halides is 5. The SMILES string of the molecule is O=C(O)C(F)F.O=S(=O)(O)C(F)(F)F. The molecule has 0 unspecified atom stereocenters. The Morgan fingerprint density at radius 3 is 1.36 bits per heavy atom. The van der Waals surface area contributed by atoms with E-state index >= 15 is 0 Å². The molecule has 0 aliphatic carbocycles. The van der Waals surface area contributed by atoms with Crippen LogP contribution in [0, 0.1) is 0 Å². The van der Waals surface area contributed by atoms with E-state index in [0.717, 1.165) is 0 Å². The maximum Gasteiger partial charge on any atom is 0.522 e. The van der Waals surface area contributed by atoms with Gasteiger partial charge >= 0.3 is 28.0 Å². The van der Waals surface area contributed by atoms with Gasteiger partial charge in [0.25, 0.3) is 0 Å². The Bertz CT molecular complexity index is 278. The molecule has 0 saturated carbocycles. The van der Waals surface area contributed by atoms with Gasteiger partial charge in [0.05, 0.1) is 0 Å². The summed E-state index contributed by atoms with van der Waals surface area (Å²) in [6.07, 6.45) is -3.23. The first-order chi connectivity index (χ1) is 5.89. The van der Waals surface area contributed by atoms with Gasteiger partial charge in [-0.1, -0.05) is 0 Å². The monoisotopic (exact) mass is 246 g/mol. The van der Waals surface area contributed by atoms with Crippen molar-refractivity contribution in [2.24, 2.45) is 0 Å². The predicted octanol–water partition coefficient (Wildman–Crippen LogP) is 0.730. The summed E-state index contributed by atoms with van der Waals surface area (Å²) < 4.78 is 78.7. The van der Waals surface area contributed by atoms with Crippen molar-refractivity contribution in [3.63, 3.8) is 0 Å². The van der Waals surface area contributed by atoms with Gasteiger partial charge in [0, 0.05) is 0 Å². The van der Waals surface area contributed by atoms with E-state index < -0.39 is 28.0 Å². The summed E-state index contributed by atoms with van der Waals surface area (Å²) in [4.78, 5) is 8.95. The van der Waals surface area contributed by atoms with E-state index in [1.165, 1.54) is 0 Å². The molecule has 86 valence electrons. The van der Waals surface area contributed by atoms with Crippen LogP contribution in [-0.2, 0) is 14.9 Å². The summed E-state index contributed by atoms with van der Waals surface area (Å²) in [6.45, 7) is 0. The molecule has 0 aromatic heterocycles. The number of carboxylic acids is 1. The number of aliphatic carboxylic acids is 1. The van der Waals surface area contributed by atoms with E-state index in [-0.39, 0.29) is 0 Å². The van der Waals surface area contributed by atoms with Gasteiger partial charge in [-0.2, -0.15) is 30.4 Å². The highest BCUT2D eigenvalue weighted by Gasteiger charge is 2.44. The molecule has 0 bridgehead atoms. The van der Waals surface area contributed by atoms with E-state index in [4.69, 9.17) is 22.9 Å². The molecule has 14 heavy (non-hydrogen) atoms.